The van der Waals surface area contributed by atoms with Gasteiger partial charge >= 0.3 is 0 Å². The Morgan fingerprint density at radius 3 is 3.05 bits per heavy atom. The number of carbonyl (C=O) groups excluding carboxylic acids is 1. The first-order valence-corrected chi connectivity index (χ1v) is 7.33. The lowest BCUT2D eigenvalue weighted by atomic mass is 10.3. The number of amides is 1. The van der Waals surface area contributed by atoms with Gasteiger partial charge in [0.05, 0.1) is 18.6 Å². The largest absolute Gasteiger partial charge is 0.495 e. The summed E-state index contributed by atoms with van der Waals surface area (Å²) in [6.45, 7) is 0. The van der Waals surface area contributed by atoms with Crippen LogP contribution >= 0.6 is 23.4 Å². The average Bonchev–Trinajstić information content (AvgIpc) is 2.49. The first-order valence-electron chi connectivity index (χ1n) is 5.97. The second-order valence-corrected chi connectivity index (χ2v) is 5.40. The standard InChI is InChI=1S/C12H12ClN5O3S/c1-21-9-3-2-7(13)4-8(9)16-10(19)6-22-12-17-15-5-11(20)18(12)14/h2-5H,6,14H2,1H3,(H,16,19). The lowest BCUT2D eigenvalue weighted by Gasteiger charge is -2.10. The Hall–Kier alpha value is -2.26. The molecule has 116 valence electrons. The van der Waals surface area contributed by atoms with Crippen LogP contribution in [0, 0.1) is 0 Å². The van der Waals surface area contributed by atoms with Crippen molar-refractivity contribution >= 4 is 35.0 Å². The molecule has 8 nitrogen and oxygen atoms in total. The predicted molar refractivity (Wildman–Crippen MR) is 83.8 cm³/mol. The minimum atomic E-state index is -0.505. The molecule has 0 aliphatic carbocycles. The first kappa shape index (κ1) is 16.1. The molecule has 0 aliphatic rings. The number of rotatable bonds is 5. The fourth-order valence-corrected chi connectivity index (χ4v) is 2.36. The number of methoxy groups -OCH3 is 1. The summed E-state index contributed by atoms with van der Waals surface area (Å²) < 4.78 is 5.96. The molecule has 1 amide bonds. The van der Waals surface area contributed by atoms with Gasteiger partial charge in [-0.05, 0) is 18.2 Å². The highest BCUT2D eigenvalue weighted by atomic mass is 35.5. The van der Waals surface area contributed by atoms with Gasteiger partial charge in [-0.2, -0.15) is 9.77 Å². The molecule has 0 saturated heterocycles. The van der Waals surface area contributed by atoms with E-state index in [2.05, 4.69) is 15.5 Å². The second-order valence-electron chi connectivity index (χ2n) is 4.02. The van der Waals surface area contributed by atoms with Crippen molar-refractivity contribution < 1.29 is 9.53 Å². The summed E-state index contributed by atoms with van der Waals surface area (Å²) in [7, 11) is 1.49. The Labute approximate surface area is 134 Å². The number of nitrogens with two attached hydrogens (primary N) is 1. The van der Waals surface area contributed by atoms with E-state index in [0.29, 0.717) is 16.5 Å². The number of carbonyl (C=O) groups is 1. The van der Waals surface area contributed by atoms with Crippen molar-refractivity contribution in [1.29, 1.82) is 0 Å². The minimum Gasteiger partial charge on any atom is -0.495 e. The third kappa shape index (κ3) is 3.89. The van der Waals surface area contributed by atoms with Crippen molar-refractivity contribution in [1.82, 2.24) is 14.9 Å². The third-order valence-electron chi connectivity index (χ3n) is 2.52. The van der Waals surface area contributed by atoms with E-state index < -0.39 is 5.56 Å². The lowest BCUT2D eigenvalue weighted by molar-refractivity contribution is -0.113. The summed E-state index contributed by atoms with van der Waals surface area (Å²) in [4.78, 5) is 23.2. The van der Waals surface area contributed by atoms with E-state index >= 15 is 0 Å². The summed E-state index contributed by atoms with van der Waals surface area (Å²) in [5.41, 5.74) is -0.0562. The highest BCUT2D eigenvalue weighted by Crippen LogP contribution is 2.27. The van der Waals surface area contributed by atoms with Gasteiger partial charge in [-0.3, -0.25) is 9.59 Å². The predicted octanol–water partition coefficient (Wildman–Crippen LogP) is 0.745. The zero-order valence-electron chi connectivity index (χ0n) is 11.4. The van der Waals surface area contributed by atoms with Crippen LogP contribution in [0.1, 0.15) is 0 Å². The highest BCUT2D eigenvalue weighted by Gasteiger charge is 2.11. The molecule has 22 heavy (non-hydrogen) atoms. The van der Waals surface area contributed by atoms with E-state index in [-0.39, 0.29) is 16.8 Å². The van der Waals surface area contributed by atoms with Crippen LogP contribution in [0.4, 0.5) is 5.69 Å². The smallest absolute Gasteiger partial charge is 0.291 e. The summed E-state index contributed by atoms with van der Waals surface area (Å²) in [5.74, 6) is 5.64. The van der Waals surface area contributed by atoms with Gasteiger partial charge in [-0.1, -0.05) is 23.4 Å². The van der Waals surface area contributed by atoms with Crippen LogP contribution in [0.25, 0.3) is 0 Å². The molecule has 1 aromatic carbocycles. The van der Waals surface area contributed by atoms with Crippen LogP contribution in [0.15, 0.2) is 34.3 Å². The fourth-order valence-electron chi connectivity index (χ4n) is 1.52. The van der Waals surface area contributed by atoms with Gasteiger partial charge < -0.3 is 15.9 Å². The van der Waals surface area contributed by atoms with Crippen molar-refractivity contribution in [2.24, 2.45) is 0 Å². The van der Waals surface area contributed by atoms with Gasteiger partial charge in [0, 0.05) is 5.02 Å². The fraction of sp³-hybridized carbons (Fsp3) is 0.167. The van der Waals surface area contributed by atoms with E-state index in [9.17, 15) is 9.59 Å². The molecule has 1 heterocycles. The van der Waals surface area contributed by atoms with E-state index in [0.717, 1.165) is 22.6 Å². The van der Waals surface area contributed by atoms with Crippen molar-refractivity contribution in [2.75, 3.05) is 24.0 Å². The monoisotopic (exact) mass is 341 g/mol. The number of halogens is 1. The van der Waals surface area contributed by atoms with Crippen LogP contribution in [0.5, 0.6) is 5.75 Å². The summed E-state index contributed by atoms with van der Waals surface area (Å²) in [6, 6.07) is 4.87. The van der Waals surface area contributed by atoms with Gasteiger partial charge in [0.2, 0.25) is 11.1 Å². The third-order valence-corrected chi connectivity index (χ3v) is 3.70. The molecule has 0 aliphatic heterocycles. The van der Waals surface area contributed by atoms with Gasteiger partial charge in [-0.25, -0.2) is 0 Å². The van der Waals surface area contributed by atoms with E-state index in [1.807, 2.05) is 0 Å². The molecule has 0 unspecified atom stereocenters. The van der Waals surface area contributed by atoms with Gasteiger partial charge in [0.15, 0.2) is 0 Å². The number of nitrogens with zero attached hydrogens (tertiary/aromatic N) is 3. The molecule has 0 radical (unpaired) electrons. The summed E-state index contributed by atoms with van der Waals surface area (Å²) in [6.07, 6.45) is 0.987. The Morgan fingerprint density at radius 1 is 1.55 bits per heavy atom. The maximum absolute atomic E-state index is 12.0. The molecule has 10 heteroatoms. The molecule has 0 atom stereocenters. The minimum absolute atomic E-state index is 0.00893. The molecule has 0 fully saturated rings. The number of hydrogen-bond acceptors (Lipinski definition) is 7. The molecule has 1 aromatic heterocycles. The molecule has 0 bridgehead atoms. The van der Waals surface area contributed by atoms with Crippen LogP contribution in [-0.2, 0) is 4.79 Å². The Bertz CT molecular complexity index is 752. The van der Waals surface area contributed by atoms with E-state index in [1.165, 1.54) is 7.11 Å². The maximum Gasteiger partial charge on any atom is 0.291 e. The molecule has 0 spiro atoms. The number of ether oxygens (including phenoxy) is 1. The van der Waals surface area contributed by atoms with E-state index in [1.54, 1.807) is 18.2 Å². The number of nitrogen functional groups attached to an aromatic ring is 1. The first-order chi connectivity index (χ1) is 10.5. The van der Waals surface area contributed by atoms with Crippen LogP contribution < -0.4 is 21.5 Å². The van der Waals surface area contributed by atoms with Crippen molar-refractivity contribution in [2.45, 2.75) is 5.16 Å². The van der Waals surface area contributed by atoms with Crippen LogP contribution in [-0.4, -0.2) is 33.6 Å². The Balaban J connectivity index is 2.03. The van der Waals surface area contributed by atoms with Gasteiger partial charge in [-0.15, -0.1) is 5.10 Å². The summed E-state index contributed by atoms with van der Waals surface area (Å²) in [5, 5.41) is 10.5. The number of anilines is 1. The van der Waals surface area contributed by atoms with Crippen molar-refractivity contribution in [3.8, 4) is 5.75 Å². The van der Waals surface area contributed by atoms with Crippen molar-refractivity contribution in [3.05, 3.63) is 39.8 Å². The van der Waals surface area contributed by atoms with Gasteiger partial charge in [0.25, 0.3) is 5.56 Å². The Kier molecular flexibility index (Phi) is 5.23. The zero-order valence-corrected chi connectivity index (χ0v) is 13.0. The normalized spacial score (nSPS) is 10.3. The molecule has 2 aromatic rings. The molecular formula is C12H12ClN5O3S. The molecule has 2 rings (SSSR count). The maximum atomic E-state index is 12.0. The highest BCUT2D eigenvalue weighted by molar-refractivity contribution is 7.99. The lowest BCUT2D eigenvalue weighted by Crippen LogP contribution is -2.30. The number of hydrogen-bond donors (Lipinski definition) is 2. The second kappa shape index (κ2) is 7.14. The zero-order chi connectivity index (χ0) is 16.1. The molecule has 0 saturated carbocycles. The average molecular weight is 342 g/mol. The number of aromatic nitrogens is 3. The topological polar surface area (TPSA) is 112 Å². The number of nitrogens with one attached hydrogen (secondary N) is 1. The molecule has 3 N–H and O–H groups in total. The van der Waals surface area contributed by atoms with E-state index in [4.69, 9.17) is 22.2 Å². The molecular weight excluding hydrogens is 330 g/mol. The Morgan fingerprint density at radius 2 is 2.32 bits per heavy atom. The van der Waals surface area contributed by atoms with Crippen LogP contribution in [0.3, 0.4) is 0 Å². The van der Waals surface area contributed by atoms with Crippen molar-refractivity contribution in [3.63, 3.8) is 0 Å². The number of benzene rings is 1. The van der Waals surface area contributed by atoms with Gasteiger partial charge in [0.1, 0.15) is 11.9 Å². The quantitative estimate of drug-likeness (QED) is 0.609. The van der Waals surface area contributed by atoms with Crippen LogP contribution in [0.2, 0.25) is 5.02 Å². The summed E-state index contributed by atoms with van der Waals surface area (Å²) >= 11 is 6.87. The number of thioether (sulfide) groups is 1. The SMILES string of the molecule is COc1ccc(Cl)cc1NC(=O)CSc1nncc(=O)n1N.